The molecule has 0 rings (SSSR count). The van der Waals surface area contributed by atoms with Gasteiger partial charge in [-0.1, -0.05) is 37.8 Å². The van der Waals surface area contributed by atoms with E-state index in [1.807, 2.05) is 19.9 Å². The second-order valence-electron chi connectivity index (χ2n) is 2.48. The largest absolute Gasteiger partial charge is 0.305 e. The first kappa shape index (κ1) is 9.89. The van der Waals surface area contributed by atoms with Crippen molar-refractivity contribution in [2.24, 2.45) is 0 Å². The van der Waals surface area contributed by atoms with Crippen molar-refractivity contribution >= 4 is 5.71 Å². The lowest BCUT2D eigenvalue weighted by molar-refractivity contribution is 1.24. The Morgan fingerprint density at radius 2 is 2.09 bits per heavy atom. The molecule has 0 heterocycles. The van der Waals surface area contributed by atoms with Crippen molar-refractivity contribution in [3.63, 3.8) is 0 Å². The molecule has 1 N–H and O–H groups in total. The molecule has 0 atom stereocenters. The number of allylic oxidation sites excluding steroid dienone is 4. The van der Waals surface area contributed by atoms with Crippen LogP contribution in [0.4, 0.5) is 0 Å². The molecule has 0 unspecified atom stereocenters. The van der Waals surface area contributed by atoms with Crippen LogP contribution in [0.1, 0.15) is 20.3 Å². The summed E-state index contributed by atoms with van der Waals surface area (Å²) in [4.78, 5) is 0. The molecule has 0 aliphatic heterocycles. The fraction of sp³-hybridized carbons (Fsp3) is 0.300. The van der Waals surface area contributed by atoms with Crippen molar-refractivity contribution in [1.82, 2.24) is 0 Å². The lowest BCUT2D eigenvalue weighted by Crippen LogP contribution is -1.96. The van der Waals surface area contributed by atoms with Crippen LogP contribution in [0.15, 0.2) is 36.5 Å². The Bertz CT molecular complexity index is 209. The van der Waals surface area contributed by atoms with E-state index in [4.69, 9.17) is 5.41 Å². The highest BCUT2D eigenvalue weighted by atomic mass is 14.4. The highest BCUT2D eigenvalue weighted by molar-refractivity contribution is 6.00. The lowest BCUT2D eigenvalue weighted by atomic mass is 10.1. The van der Waals surface area contributed by atoms with E-state index in [0.717, 1.165) is 17.6 Å². The normalized spacial score (nSPS) is 10.9. The molecular weight excluding hydrogens is 134 g/mol. The zero-order chi connectivity index (χ0) is 8.85. The molecule has 0 saturated heterocycles. The summed E-state index contributed by atoms with van der Waals surface area (Å²) in [7, 11) is 0. The number of rotatable bonds is 4. The van der Waals surface area contributed by atoms with Crippen LogP contribution in [0, 0.1) is 5.41 Å². The third-order valence-electron chi connectivity index (χ3n) is 1.32. The molecule has 11 heavy (non-hydrogen) atoms. The third-order valence-corrected chi connectivity index (χ3v) is 1.32. The van der Waals surface area contributed by atoms with Gasteiger partial charge in [0.2, 0.25) is 0 Å². The maximum Gasteiger partial charge on any atom is 0.0383 e. The summed E-state index contributed by atoms with van der Waals surface area (Å²) in [6.45, 7) is 11.2. The van der Waals surface area contributed by atoms with E-state index in [9.17, 15) is 0 Å². The first-order valence-corrected chi connectivity index (χ1v) is 3.69. The fourth-order valence-electron chi connectivity index (χ4n) is 0.739. The predicted molar refractivity (Wildman–Crippen MR) is 51.1 cm³/mol. The van der Waals surface area contributed by atoms with Gasteiger partial charge in [-0.3, -0.25) is 0 Å². The Hall–Kier alpha value is -1.11. The molecule has 0 fully saturated rings. The molecule has 0 radical (unpaired) electrons. The summed E-state index contributed by atoms with van der Waals surface area (Å²) in [5.74, 6) is 0. The molecule has 1 heteroatoms. The van der Waals surface area contributed by atoms with Crippen molar-refractivity contribution in [2.75, 3.05) is 0 Å². The summed E-state index contributed by atoms with van der Waals surface area (Å²) in [6.07, 6.45) is 4.31. The Kier molecular flexibility index (Phi) is 4.20. The van der Waals surface area contributed by atoms with Crippen LogP contribution >= 0.6 is 0 Å². The molecule has 0 aliphatic carbocycles. The van der Waals surface area contributed by atoms with E-state index >= 15 is 0 Å². The quantitative estimate of drug-likeness (QED) is 0.469. The van der Waals surface area contributed by atoms with Gasteiger partial charge in [0.05, 0.1) is 0 Å². The summed E-state index contributed by atoms with van der Waals surface area (Å²) in [5, 5.41) is 7.51. The van der Waals surface area contributed by atoms with Crippen LogP contribution in [0.5, 0.6) is 0 Å². The topological polar surface area (TPSA) is 23.9 Å². The zero-order valence-corrected chi connectivity index (χ0v) is 7.28. The maximum absolute atomic E-state index is 7.51. The Morgan fingerprint density at radius 3 is 2.36 bits per heavy atom. The molecule has 0 spiro atoms. The van der Waals surface area contributed by atoms with Gasteiger partial charge in [-0.15, -0.1) is 0 Å². The molecule has 0 aromatic carbocycles. The van der Waals surface area contributed by atoms with E-state index in [0.29, 0.717) is 5.71 Å². The second-order valence-corrected chi connectivity index (χ2v) is 2.48. The molecule has 0 amide bonds. The van der Waals surface area contributed by atoms with Crippen molar-refractivity contribution < 1.29 is 0 Å². The van der Waals surface area contributed by atoms with Gasteiger partial charge in [0.15, 0.2) is 0 Å². The van der Waals surface area contributed by atoms with Crippen LogP contribution < -0.4 is 0 Å². The standard InChI is InChI=1S/C10H15N/c1-5-9(7-8(3)4)10(11)6-2/h5,7,11H,1,3,6H2,2,4H3/b9-7+,11-10?. The van der Waals surface area contributed by atoms with E-state index in [1.165, 1.54) is 0 Å². The smallest absolute Gasteiger partial charge is 0.0383 e. The number of hydrogen-bond donors (Lipinski definition) is 1. The lowest BCUT2D eigenvalue weighted by Gasteiger charge is -2.00. The summed E-state index contributed by atoms with van der Waals surface area (Å²) in [6, 6.07) is 0. The van der Waals surface area contributed by atoms with E-state index in [-0.39, 0.29) is 0 Å². The summed E-state index contributed by atoms with van der Waals surface area (Å²) < 4.78 is 0. The predicted octanol–water partition coefficient (Wildman–Crippen LogP) is 3.10. The fourth-order valence-corrected chi connectivity index (χ4v) is 0.739. The summed E-state index contributed by atoms with van der Waals surface area (Å²) >= 11 is 0. The number of hydrogen-bond acceptors (Lipinski definition) is 1. The molecule has 0 aromatic heterocycles. The minimum absolute atomic E-state index is 0.614. The molecule has 0 saturated carbocycles. The highest BCUT2D eigenvalue weighted by Crippen LogP contribution is 2.05. The first-order chi connectivity index (χ1) is 5.11. The minimum Gasteiger partial charge on any atom is -0.305 e. The van der Waals surface area contributed by atoms with Crippen LogP contribution in [0.25, 0.3) is 0 Å². The first-order valence-electron chi connectivity index (χ1n) is 3.69. The van der Waals surface area contributed by atoms with Crippen LogP contribution in [0.3, 0.4) is 0 Å². The molecule has 60 valence electrons. The third kappa shape index (κ3) is 3.56. The Labute approximate surface area is 68.6 Å². The second kappa shape index (κ2) is 4.67. The van der Waals surface area contributed by atoms with Gasteiger partial charge in [0.25, 0.3) is 0 Å². The average molecular weight is 149 g/mol. The molecule has 0 bridgehead atoms. The van der Waals surface area contributed by atoms with Crippen molar-refractivity contribution in [3.8, 4) is 0 Å². The van der Waals surface area contributed by atoms with E-state index in [2.05, 4.69) is 13.2 Å². The monoisotopic (exact) mass is 149 g/mol. The van der Waals surface area contributed by atoms with E-state index < -0.39 is 0 Å². The van der Waals surface area contributed by atoms with Crippen LogP contribution in [-0.2, 0) is 0 Å². The van der Waals surface area contributed by atoms with E-state index in [1.54, 1.807) is 6.08 Å². The highest BCUT2D eigenvalue weighted by Gasteiger charge is 1.96. The minimum atomic E-state index is 0.614. The van der Waals surface area contributed by atoms with Gasteiger partial charge < -0.3 is 5.41 Å². The Morgan fingerprint density at radius 1 is 1.55 bits per heavy atom. The maximum atomic E-state index is 7.51. The van der Waals surface area contributed by atoms with Gasteiger partial charge in [-0.05, 0) is 18.9 Å². The van der Waals surface area contributed by atoms with Crippen molar-refractivity contribution in [1.29, 1.82) is 5.41 Å². The molecule has 0 aliphatic rings. The zero-order valence-electron chi connectivity index (χ0n) is 7.28. The Balaban J connectivity index is 4.52. The van der Waals surface area contributed by atoms with Gasteiger partial charge in [0, 0.05) is 5.71 Å². The van der Waals surface area contributed by atoms with Gasteiger partial charge in [0.1, 0.15) is 0 Å². The van der Waals surface area contributed by atoms with Crippen LogP contribution in [-0.4, -0.2) is 5.71 Å². The van der Waals surface area contributed by atoms with Crippen molar-refractivity contribution in [2.45, 2.75) is 20.3 Å². The summed E-state index contributed by atoms with van der Waals surface area (Å²) in [5.41, 5.74) is 2.45. The SMILES string of the molecule is C=C/C(=C\C(=C)C)C(=N)CC. The average Bonchev–Trinajstić information content (AvgIpc) is 1.98. The van der Waals surface area contributed by atoms with Crippen molar-refractivity contribution in [3.05, 3.63) is 36.5 Å². The van der Waals surface area contributed by atoms with Gasteiger partial charge in [-0.2, -0.15) is 0 Å². The van der Waals surface area contributed by atoms with Crippen LogP contribution in [0.2, 0.25) is 0 Å². The molecule has 0 aromatic rings. The number of nitrogens with one attached hydrogen (secondary N) is 1. The van der Waals surface area contributed by atoms with Gasteiger partial charge in [-0.25, -0.2) is 0 Å². The van der Waals surface area contributed by atoms with Gasteiger partial charge >= 0.3 is 0 Å². The molecule has 1 nitrogen and oxygen atoms in total. The molecular formula is C10H15N.